The van der Waals surface area contributed by atoms with Crippen molar-refractivity contribution >= 4 is 15.9 Å². The molecule has 0 unspecified atom stereocenters. The van der Waals surface area contributed by atoms with Gasteiger partial charge in [-0.2, -0.15) is 4.72 Å². The molecule has 0 spiro atoms. The van der Waals surface area contributed by atoms with Crippen molar-refractivity contribution in [2.24, 2.45) is 5.92 Å². The first-order valence-electron chi connectivity index (χ1n) is 8.17. The van der Waals surface area contributed by atoms with Gasteiger partial charge in [0, 0.05) is 14.2 Å². The van der Waals surface area contributed by atoms with Gasteiger partial charge in [0.1, 0.15) is 6.04 Å². The Balaban J connectivity index is 2.91. The lowest BCUT2D eigenvalue weighted by atomic mass is 9.99. The Morgan fingerprint density at radius 1 is 1.16 bits per heavy atom. The van der Waals surface area contributed by atoms with E-state index in [1.54, 1.807) is 12.1 Å². The number of benzene rings is 1. The van der Waals surface area contributed by atoms with E-state index in [1.165, 1.54) is 26.4 Å². The molecule has 8 heteroatoms. The summed E-state index contributed by atoms with van der Waals surface area (Å²) in [5.41, 5.74) is 0.959. The van der Waals surface area contributed by atoms with E-state index in [0.29, 0.717) is 6.42 Å². The Hall–Kier alpha value is -1.48. The summed E-state index contributed by atoms with van der Waals surface area (Å²) >= 11 is 0. The monoisotopic (exact) mass is 372 g/mol. The number of rotatable bonds is 10. The number of nitrogens with one attached hydrogen (secondary N) is 2. The van der Waals surface area contributed by atoms with E-state index in [1.807, 2.05) is 20.8 Å². The molecule has 0 heterocycles. The highest BCUT2D eigenvalue weighted by molar-refractivity contribution is 7.89. The van der Waals surface area contributed by atoms with E-state index in [-0.39, 0.29) is 17.4 Å². The molecule has 7 nitrogen and oxygen atoms in total. The summed E-state index contributed by atoms with van der Waals surface area (Å²) in [6, 6.07) is 5.60. The van der Waals surface area contributed by atoms with Crippen LogP contribution < -0.4 is 10.0 Å². The number of amides is 1. The third-order valence-corrected chi connectivity index (χ3v) is 5.53. The molecule has 1 aromatic carbocycles. The number of ether oxygens (including phenoxy) is 2. The van der Waals surface area contributed by atoms with Crippen LogP contribution in [0.5, 0.6) is 0 Å². The van der Waals surface area contributed by atoms with Crippen LogP contribution in [-0.2, 0) is 24.3 Å². The van der Waals surface area contributed by atoms with Crippen LogP contribution in [0.4, 0.5) is 0 Å². The van der Waals surface area contributed by atoms with Crippen molar-refractivity contribution in [3.05, 3.63) is 29.8 Å². The second-order valence-corrected chi connectivity index (χ2v) is 7.66. The zero-order chi connectivity index (χ0) is 19.0. The van der Waals surface area contributed by atoms with E-state index in [0.717, 1.165) is 5.56 Å². The van der Waals surface area contributed by atoms with Crippen LogP contribution >= 0.6 is 0 Å². The number of carbonyl (C=O) groups excluding carboxylic acids is 1. The van der Waals surface area contributed by atoms with Crippen LogP contribution in [0, 0.1) is 12.8 Å². The lowest BCUT2D eigenvalue weighted by Gasteiger charge is -2.24. The zero-order valence-electron chi connectivity index (χ0n) is 15.4. The van der Waals surface area contributed by atoms with Gasteiger partial charge >= 0.3 is 0 Å². The van der Waals surface area contributed by atoms with Gasteiger partial charge in [0.05, 0.1) is 11.4 Å². The van der Waals surface area contributed by atoms with Gasteiger partial charge in [0.15, 0.2) is 6.29 Å². The van der Waals surface area contributed by atoms with Gasteiger partial charge in [-0.3, -0.25) is 4.79 Å². The highest BCUT2D eigenvalue weighted by Crippen LogP contribution is 2.15. The molecular weight excluding hydrogens is 344 g/mol. The molecule has 25 heavy (non-hydrogen) atoms. The number of methoxy groups -OCH3 is 2. The van der Waals surface area contributed by atoms with Crippen LogP contribution in [-0.4, -0.2) is 47.4 Å². The Bertz CT molecular complexity index is 642. The molecule has 0 aromatic heterocycles. The molecule has 0 aliphatic carbocycles. The topological polar surface area (TPSA) is 93.7 Å². The Kier molecular flexibility index (Phi) is 8.51. The van der Waals surface area contributed by atoms with E-state index in [4.69, 9.17) is 9.47 Å². The summed E-state index contributed by atoms with van der Waals surface area (Å²) in [5, 5.41) is 2.67. The van der Waals surface area contributed by atoms with Crippen molar-refractivity contribution in [3.8, 4) is 0 Å². The van der Waals surface area contributed by atoms with Crippen LogP contribution in [0.15, 0.2) is 29.2 Å². The number of hydrogen-bond donors (Lipinski definition) is 2. The van der Waals surface area contributed by atoms with Crippen LogP contribution in [0.3, 0.4) is 0 Å². The van der Waals surface area contributed by atoms with Gasteiger partial charge in [-0.05, 0) is 25.0 Å². The van der Waals surface area contributed by atoms with Gasteiger partial charge in [-0.1, -0.05) is 38.0 Å². The first-order valence-corrected chi connectivity index (χ1v) is 9.65. The maximum absolute atomic E-state index is 12.6. The molecule has 0 bridgehead atoms. The summed E-state index contributed by atoms with van der Waals surface area (Å²) in [6.07, 6.45) is 0.0576. The molecule has 0 fully saturated rings. The van der Waals surface area contributed by atoms with Crippen molar-refractivity contribution in [2.75, 3.05) is 20.8 Å². The lowest BCUT2D eigenvalue weighted by molar-refractivity contribution is -0.129. The van der Waals surface area contributed by atoms with E-state index in [9.17, 15) is 13.2 Å². The van der Waals surface area contributed by atoms with E-state index < -0.39 is 28.3 Å². The van der Waals surface area contributed by atoms with Gasteiger partial charge in [-0.15, -0.1) is 0 Å². The normalized spacial score (nSPS) is 14.3. The number of aryl methyl sites for hydroxylation is 1. The average Bonchev–Trinajstić information content (AvgIpc) is 2.60. The summed E-state index contributed by atoms with van der Waals surface area (Å²) in [7, 11) is -0.870. The van der Waals surface area contributed by atoms with Crippen molar-refractivity contribution in [1.29, 1.82) is 0 Å². The molecular formula is C17H28N2O5S. The van der Waals surface area contributed by atoms with Crippen molar-refractivity contribution < 1.29 is 22.7 Å². The van der Waals surface area contributed by atoms with Gasteiger partial charge < -0.3 is 14.8 Å². The van der Waals surface area contributed by atoms with Crippen LogP contribution in [0.2, 0.25) is 0 Å². The quantitative estimate of drug-likeness (QED) is 0.606. The van der Waals surface area contributed by atoms with E-state index in [2.05, 4.69) is 10.0 Å². The largest absolute Gasteiger partial charge is 0.354 e. The Labute approximate surface area is 150 Å². The number of sulfonamides is 1. The average molecular weight is 372 g/mol. The highest BCUT2D eigenvalue weighted by Gasteiger charge is 2.29. The molecule has 0 saturated carbocycles. The second-order valence-electron chi connectivity index (χ2n) is 5.94. The number of carbonyl (C=O) groups is 1. The smallest absolute Gasteiger partial charge is 0.241 e. The van der Waals surface area contributed by atoms with Crippen LogP contribution in [0.1, 0.15) is 25.8 Å². The zero-order valence-corrected chi connectivity index (χ0v) is 16.2. The minimum Gasteiger partial charge on any atom is -0.354 e. The van der Waals surface area contributed by atoms with Gasteiger partial charge in [0.25, 0.3) is 0 Å². The first kappa shape index (κ1) is 21.6. The van der Waals surface area contributed by atoms with Crippen LogP contribution in [0.25, 0.3) is 0 Å². The Morgan fingerprint density at radius 2 is 1.72 bits per heavy atom. The highest BCUT2D eigenvalue weighted by atomic mass is 32.2. The fraction of sp³-hybridized carbons (Fsp3) is 0.588. The fourth-order valence-electron chi connectivity index (χ4n) is 2.17. The molecule has 142 valence electrons. The maximum Gasteiger partial charge on any atom is 0.241 e. The standard InChI is InChI=1S/C17H28N2O5S/c1-6-13(3)16(17(20)18-11-15(23-4)24-5)19-25(21,22)14-9-7-12(2)8-10-14/h7-10,13,15-16,19H,6,11H2,1-5H3,(H,18,20)/t13-,16-/m1/s1. The molecule has 0 aliphatic heterocycles. The molecule has 0 radical (unpaired) electrons. The summed E-state index contributed by atoms with van der Waals surface area (Å²) in [5.74, 6) is -0.590. The third-order valence-electron chi connectivity index (χ3n) is 4.08. The minimum atomic E-state index is -3.80. The fourth-order valence-corrected chi connectivity index (χ4v) is 3.48. The van der Waals surface area contributed by atoms with Gasteiger partial charge in [-0.25, -0.2) is 8.42 Å². The minimum absolute atomic E-state index is 0.130. The molecule has 0 aliphatic rings. The molecule has 2 atom stereocenters. The Morgan fingerprint density at radius 3 is 2.20 bits per heavy atom. The lowest BCUT2D eigenvalue weighted by Crippen LogP contribution is -2.51. The second kappa shape index (κ2) is 9.86. The van der Waals surface area contributed by atoms with E-state index >= 15 is 0 Å². The predicted molar refractivity (Wildman–Crippen MR) is 95.6 cm³/mol. The summed E-state index contributed by atoms with van der Waals surface area (Å²) in [4.78, 5) is 12.6. The molecule has 2 N–H and O–H groups in total. The SMILES string of the molecule is CC[C@@H](C)[C@@H](NS(=O)(=O)c1ccc(C)cc1)C(=O)NCC(OC)OC. The summed E-state index contributed by atoms with van der Waals surface area (Å²) < 4.78 is 37.7. The van der Waals surface area contributed by atoms with Gasteiger partial charge in [0.2, 0.25) is 15.9 Å². The maximum atomic E-state index is 12.6. The van der Waals surface area contributed by atoms with Crippen molar-refractivity contribution in [1.82, 2.24) is 10.0 Å². The van der Waals surface area contributed by atoms with Crippen molar-refractivity contribution in [3.63, 3.8) is 0 Å². The summed E-state index contributed by atoms with van der Waals surface area (Å²) in [6.45, 7) is 5.73. The first-order chi connectivity index (χ1) is 11.7. The predicted octanol–water partition coefficient (Wildman–Crippen LogP) is 1.42. The molecule has 1 amide bonds. The third kappa shape index (κ3) is 6.39. The molecule has 1 aromatic rings. The molecule has 1 rings (SSSR count). The molecule has 0 saturated heterocycles. The number of hydrogen-bond acceptors (Lipinski definition) is 5. The van der Waals surface area contributed by atoms with Crippen molar-refractivity contribution in [2.45, 2.75) is 44.4 Å².